The van der Waals surface area contributed by atoms with Crippen molar-refractivity contribution in [3.05, 3.63) is 54.1 Å². The lowest BCUT2D eigenvalue weighted by molar-refractivity contribution is -0.148. The third kappa shape index (κ3) is 18.8. The number of hydrogen-bond acceptors (Lipinski definition) is 15. The minimum Gasteiger partial charge on any atom is -0.480 e. The molecule has 4 aliphatic heterocycles. The summed E-state index contributed by atoms with van der Waals surface area (Å²) in [5.41, 5.74) is 7.26. The average Bonchev–Trinajstić information content (AvgIpc) is 1.79. The van der Waals surface area contributed by atoms with Crippen LogP contribution >= 0.6 is 0 Å². The number of nitrogens with two attached hydrogens (primary N) is 1. The molecule has 4 fully saturated rings. The Hall–Kier alpha value is -8.01. The van der Waals surface area contributed by atoms with Crippen molar-refractivity contribution in [2.45, 2.75) is 212 Å². The van der Waals surface area contributed by atoms with Crippen LogP contribution in [-0.4, -0.2) is 216 Å². The van der Waals surface area contributed by atoms with Crippen LogP contribution in [0.3, 0.4) is 0 Å². The molecule has 2 aromatic rings. The number of aromatic amines is 1. The number of carbonyl (C=O) groups is 12. The van der Waals surface area contributed by atoms with Gasteiger partial charge in [0.2, 0.25) is 65.0 Å². The number of aromatic nitrogens is 2. The van der Waals surface area contributed by atoms with Crippen LogP contribution in [0, 0.1) is 23.7 Å². The van der Waals surface area contributed by atoms with Gasteiger partial charge in [0.05, 0.1) is 19.0 Å². The van der Waals surface area contributed by atoms with E-state index in [2.05, 4.69) is 47.2 Å². The van der Waals surface area contributed by atoms with Gasteiger partial charge >= 0.3 is 5.97 Å². The number of H-pyrrole nitrogens is 1. The van der Waals surface area contributed by atoms with Gasteiger partial charge in [-0.3, -0.25) is 52.7 Å². The van der Waals surface area contributed by atoms with E-state index in [0.29, 0.717) is 56.3 Å². The number of hydrogen-bond donors (Lipinski definition) is 11. The molecular weight excluding hydrogens is 1180 g/mol. The molecular formula is C63H96N14O14. The zero-order chi connectivity index (χ0) is 67.0. The number of carboxylic acid groups (broad SMARTS) is 1. The first-order valence-electron chi connectivity index (χ1n) is 32.1. The van der Waals surface area contributed by atoms with Crippen LogP contribution in [0.4, 0.5) is 0 Å². The molecule has 12 N–H and O–H groups in total. The minimum atomic E-state index is -1.44. The Bertz CT molecular complexity index is 2890. The van der Waals surface area contributed by atoms with Crippen molar-refractivity contribution in [1.29, 1.82) is 0 Å². The molecule has 0 aliphatic carbocycles. The largest absolute Gasteiger partial charge is 0.480 e. The Labute approximate surface area is 531 Å². The molecule has 0 radical (unpaired) electrons. The van der Waals surface area contributed by atoms with Crippen molar-refractivity contribution in [2.75, 3.05) is 32.8 Å². The number of amides is 11. The molecule has 0 spiro atoms. The van der Waals surface area contributed by atoms with Gasteiger partial charge in [-0.15, -0.1) is 0 Å². The molecule has 0 bridgehead atoms. The van der Waals surface area contributed by atoms with Gasteiger partial charge in [-0.05, 0) is 93.9 Å². The fraction of sp³-hybridized carbons (Fsp3) is 0.667. The molecule has 28 nitrogen and oxygen atoms in total. The highest BCUT2D eigenvalue weighted by Crippen LogP contribution is 2.28. The normalized spacial score (nSPS) is 21.2. The predicted octanol–water partition coefficient (Wildman–Crippen LogP) is -0.619. The summed E-state index contributed by atoms with van der Waals surface area (Å²) >= 11 is 0. The maximum atomic E-state index is 14.8. The van der Waals surface area contributed by atoms with Gasteiger partial charge < -0.3 is 77.7 Å². The van der Waals surface area contributed by atoms with Gasteiger partial charge in [0.1, 0.15) is 66.5 Å². The molecule has 0 saturated carbocycles. The molecule has 91 heavy (non-hydrogen) atoms. The van der Waals surface area contributed by atoms with Gasteiger partial charge in [0.15, 0.2) is 0 Å². The van der Waals surface area contributed by atoms with Crippen molar-refractivity contribution in [3.8, 4) is 0 Å². The van der Waals surface area contributed by atoms with E-state index in [1.165, 1.54) is 39.0 Å². The van der Waals surface area contributed by atoms with Crippen LogP contribution in [0.15, 0.2) is 42.9 Å². The Balaban J connectivity index is 1.10. The smallest absolute Gasteiger partial charge is 0.326 e. The Morgan fingerprint density at radius 3 is 1.59 bits per heavy atom. The lowest BCUT2D eigenvalue weighted by Crippen LogP contribution is -2.61. The van der Waals surface area contributed by atoms with Crippen molar-refractivity contribution in [3.63, 3.8) is 0 Å². The van der Waals surface area contributed by atoms with Gasteiger partial charge in [-0.1, -0.05) is 92.1 Å². The van der Waals surface area contributed by atoms with Crippen LogP contribution in [0.5, 0.6) is 0 Å². The molecule has 0 unspecified atom stereocenters. The lowest BCUT2D eigenvalue weighted by atomic mass is 9.97. The SMILES string of the molecule is CC[C@H](C)[C@H](NC(=O)[C@H](CC(C)C)NC(=O)[C@H](Cc1ccccc1)NC(=O)[C@@H]1CCCN1C(=O)[C@@H]1CCCN1C(=O)[C@H](Cc1cnc[nH]1)NC(=O)[C@H](C)NC(=O)[C@@H](NC(=O)[C@@H]1CCCN1C(=O)[C@H](CO)NC(=O)[C@@H]1CCCN1C(=O)[C@@H](N)C(C)C)C(C)C)C(=O)O. The van der Waals surface area contributed by atoms with Crippen LogP contribution < -0.4 is 43.0 Å². The third-order valence-corrected chi connectivity index (χ3v) is 17.8. The minimum absolute atomic E-state index is 0.00775. The summed E-state index contributed by atoms with van der Waals surface area (Å²) in [7, 11) is 0. The highest BCUT2D eigenvalue weighted by atomic mass is 16.4. The molecule has 5 heterocycles. The number of imidazole rings is 1. The van der Waals surface area contributed by atoms with Gasteiger partial charge in [-0.2, -0.15) is 0 Å². The summed E-state index contributed by atoms with van der Waals surface area (Å²) in [6.07, 6.45) is 6.16. The fourth-order valence-corrected chi connectivity index (χ4v) is 12.2. The maximum absolute atomic E-state index is 14.8. The van der Waals surface area contributed by atoms with Gasteiger partial charge in [0, 0.05) is 50.9 Å². The highest BCUT2D eigenvalue weighted by Gasteiger charge is 2.46. The molecule has 6 rings (SSSR count). The first-order chi connectivity index (χ1) is 43.2. The van der Waals surface area contributed by atoms with E-state index in [-0.39, 0.29) is 70.0 Å². The first-order valence-corrected chi connectivity index (χ1v) is 32.1. The maximum Gasteiger partial charge on any atom is 0.326 e. The van der Waals surface area contributed by atoms with Crippen LogP contribution in [0.25, 0.3) is 0 Å². The lowest BCUT2D eigenvalue weighted by Gasteiger charge is -2.33. The monoisotopic (exact) mass is 1270 g/mol. The Kier molecular flexibility index (Phi) is 26.4. The van der Waals surface area contributed by atoms with Crippen LogP contribution in [0.2, 0.25) is 0 Å². The second-order valence-corrected chi connectivity index (χ2v) is 25.7. The topological polar surface area (TPSA) is 397 Å². The molecule has 1 aromatic heterocycles. The predicted molar refractivity (Wildman–Crippen MR) is 332 cm³/mol. The highest BCUT2D eigenvalue weighted by molar-refractivity contribution is 6.00. The van der Waals surface area contributed by atoms with Crippen molar-refractivity contribution < 1.29 is 67.7 Å². The zero-order valence-corrected chi connectivity index (χ0v) is 53.9. The summed E-state index contributed by atoms with van der Waals surface area (Å²) in [6.45, 7) is 15.4. The van der Waals surface area contributed by atoms with Crippen molar-refractivity contribution in [2.24, 2.45) is 29.4 Å². The van der Waals surface area contributed by atoms with E-state index in [1.807, 2.05) is 13.8 Å². The van der Waals surface area contributed by atoms with E-state index in [1.54, 1.807) is 71.9 Å². The van der Waals surface area contributed by atoms with E-state index in [0.717, 1.165) is 0 Å². The van der Waals surface area contributed by atoms with E-state index in [9.17, 15) is 67.7 Å². The van der Waals surface area contributed by atoms with Crippen LogP contribution in [0.1, 0.15) is 138 Å². The van der Waals surface area contributed by atoms with Gasteiger partial charge in [-0.25, -0.2) is 9.78 Å². The molecule has 28 heteroatoms. The first kappa shape index (κ1) is 72.1. The summed E-state index contributed by atoms with van der Waals surface area (Å²) in [6, 6.07) is -4.90. The second kappa shape index (κ2) is 33.3. The van der Waals surface area contributed by atoms with E-state index >= 15 is 0 Å². The number of aliphatic hydroxyl groups is 1. The molecule has 11 amide bonds. The number of nitrogens with one attached hydrogen (secondary N) is 8. The van der Waals surface area contributed by atoms with E-state index in [4.69, 9.17) is 5.73 Å². The molecule has 1 aromatic carbocycles. The average molecular weight is 1270 g/mol. The summed E-state index contributed by atoms with van der Waals surface area (Å²) < 4.78 is 0. The molecule has 4 saturated heterocycles. The number of aliphatic hydroxyl groups excluding tert-OH is 1. The number of likely N-dealkylation sites (tertiary alicyclic amines) is 4. The number of carboxylic acids is 1. The Morgan fingerprint density at radius 2 is 1.07 bits per heavy atom. The number of aliphatic carboxylic acids is 1. The summed E-state index contributed by atoms with van der Waals surface area (Å²) in [5, 5.41) is 39.2. The summed E-state index contributed by atoms with van der Waals surface area (Å²) in [5.74, 6) is -9.58. The Morgan fingerprint density at radius 1 is 0.560 bits per heavy atom. The second-order valence-electron chi connectivity index (χ2n) is 25.7. The van der Waals surface area contributed by atoms with Crippen molar-refractivity contribution >= 4 is 70.9 Å². The standard InChI is InChI=1S/C63H96N14O14/c1-10-37(8)51(63(90)91)73-54(81)41(28-34(2)3)68-53(80)42(29-39-18-12-11-13-19-39)69-55(82)45-20-15-25-75(45)61(88)48-23-17-27-77(48)59(86)43(30-40-31-65-33-66-40)70-52(79)38(9)67-58(85)50(36(6)7)72-57(84)47-22-14-24-74(47)60(87)44(32-78)71-56(83)46-21-16-26-76(46)62(89)49(64)35(4)5/h11-13,18-19,31,33-38,41-51,78H,10,14-17,20-30,32,64H2,1-9H3,(H,65,66)(H,67,85)(H,68,80)(H,69,82)(H,70,79)(H,71,83)(H,72,84)(H,73,81)(H,90,91)/t37-,38-,41-,42-,43-,44-,45-,46-,47-,48-,49-,50-,51-/m0/s1. The van der Waals surface area contributed by atoms with Crippen LogP contribution in [-0.2, 0) is 70.4 Å². The third-order valence-electron chi connectivity index (χ3n) is 17.8. The molecule has 13 atom stereocenters. The number of benzene rings is 1. The summed E-state index contributed by atoms with van der Waals surface area (Å²) in [4.78, 5) is 180. The number of carbonyl (C=O) groups excluding carboxylic acids is 11. The number of rotatable bonds is 30. The zero-order valence-electron chi connectivity index (χ0n) is 53.9. The molecule has 502 valence electrons. The quantitative estimate of drug-likeness (QED) is 0.0464. The molecule has 4 aliphatic rings. The number of nitrogens with zero attached hydrogens (tertiary/aromatic N) is 5. The van der Waals surface area contributed by atoms with Crippen molar-refractivity contribution in [1.82, 2.24) is 66.8 Å². The van der Waals surface area contributed by atoms with Gasteiger partial charge in [0.25, 0.3) is 0 Å². The fourth-order valence-electron chi connectivity index (χ4n) is 12.2. The van der Waals surface area contributed by atoms with E-state index < -0.39 is 162 Å².